The Kier molecular flexibility index (Phi) is 13.7. The van der Waals surface area contributed by atoms with Gasteiger partial charge in [-0.1, -0.05) is 169 Å². The van der Waals surface area contributed by atoms with Gasteiger partial charge in [-0.3, -0.25) is 0 Å². The van der Waals surface area contributed by atoms with E-state index in [0.29, 0.717) is 12.0 Å². The second kappa shape index (κ2) is 19.7. The normalized spacial score (nSPS) is 22.7. The van der Waals surface area contributed by atoms with Crippen LogP contribution in [-0.4, -0.2) is 6.04 Å². The molecule has 0 radical (unpaired) electrons. The predicted octanol–water partition coefficient (Wildman–Crippen LogP) is 17.1. The van der Waals surface area contributed by atoms with Crippen LogP contribution >= 0.6 is 0 Å². The van der Waals surface area contributed by atoms with Crippen LogP contribution in [0.5, 0.6) is 0 Å². The standard InChI is InChI=1S/C57H55NO.2C2H6/c1-39-13-9-10-36-59-56-50(39)19-12-20-51(56)44-28-33-48(34-29-44)58(49-17-11-16-45(37-49)40-14-5-4-6-15-40)47-31-26-42(27-32-47)41-22-24-43(25-23-41)46-30-35-55-53(38-46)52-18-7-8-21-54(52)57(55,2)3;2*1-2/h4-7,9-11,13-14,16-19,22-26,28,30,33,35-38,40,47H,1,8,12,15,20-21,27,29,31-32,34H2,2-3H3;2*1-2H3/b13-9-,36-10-;;. The fourth-order valence-electron chi connectivity index (χ4n) is 10.7. The number of allylic oxidation sites excluding steroid dienone is 19. The molecule has 2 nitrogen and oxygen atoms in total. The summed E-state index contributed by atoms with van der Waals surface area (Å²) in [6.45, 7) is 17.2. The van der Waals surface area contributed by atoms with Crippen LogP contribution in [0.4, 0.5) is 5.69 Å². The fraction of sp³-hybridized carbons (Fsp3) is 0.311. The molecule has 0 saturated carbocycles. The summed E-state index contributed by atoms with van der Waals surface area (Å²) in [4.78, 5) is 2.69. The molecule has 2 heteroatoms. The van der Waals surface area contributed by atoms with Crippen molar-refractivity contribution in [1.82, 2.24) is 0 Å². The molecular weight excluding hydrogens is 763 g/mol. The van der Waals surface area contributed by atoms with Gasteiger partial charge in [-0.2, -0.15) is 0 Å². The topological polar surface area (TPSA) is 12.5 Å². The van der Waals surface area contributed by atoms with E-state index < -0.39 is 0 Å². The molecule has 0 amide bonds. The van der Waals surface area contributed by atoms with Crippen molar-refractivity contribution in [3.05, 3.63) is 220 Å². The Morgan fingerprint density at radius 3 is 2.29 bits per heavy atom. The van der Waals surface area contributed by atoms with Crippen LogP contribution in [-0.2, 0) is 10.2 Å². The van der Waals surface area contributed by atoms with Crippen molar-refractivity contribution in [3.63, 3.8) is 0 Å². The molecule has 6 aliphatic carbocycles. The van der Waals surface area contributed by atoms with Crippen molar-refractivity contribution in [2.75, 3.05) is 4.90 Å². The molecule has 7 aliphatic rings. The Bertz CT molecular complexity index is 2560. The third-order valence-electron chi connectivity index (χ3n) is 13.9. The van der Waals surface area contributed by atoms with Crippen LogP contribution in [0.25, 0.3) is 22.3 Å². The van der Waals surface area contributed by atoms with Gasteiger partial charge < -0.3 is 9.64 Å². The van der Waals surface area contributed by atoms with E-state index in [0.717, 1.165) is 74.7 Å². The lowest BCUT2D eigenvalue weighted by Gasteiger charge is -2.39. The monoisotopic (exact) mass is 830 g/mol. The van der Waals surface area contributed by atoms with Gasteiger partial charge in [-0.25, -0.2) is 0 Å². The average molecular weight is 830 g/mol. The van der Waals surface area contributed by atoms with Gasteiger partial charge in [0.1, 0.15) is 5.76 Å². The molecule has 3 aromatic rings. The van der Waals surface area contributed by atoms with E-state index in [9.17, 15) is 0 Å². The lowest BCUT2D eigenvalue weighted by atomic mass is 9.78. The van der Waals surface area contributed by atoms with Crippen molar-refractivity contribution in [2.24, 2.45) is 0 Å². The minimum Gasteiger partial charge on any atom is -0.464 e. The highest BCUT2D eigenvalue weighted by atomic mass is 16.5. The quantitative estimate of drug-likeness (QED) is 0.235. The Morgan fingerprint density at radius 1 is 0.698 bits per heavy atom. The van der Waals surface area contributed by atoms with Crippen LogP contribution in [0.15, 0.2) is 198 Å². The minimum atomic E-state index is 0.115. The first kappa shape index (κ1) is 43.8. The maximum absolute atomic E-state index is 6.27. The maximum Gasteiger partial charge on any atom is 0.137 e. The molecule has 0 bridgehead atoms. The van der Waals surface area contributed by atoms with E-state index in [1.165, 1.54) is 73.5 Å². The van der Waals surface area contributed by atoms with Crippen molar-refractivity contribution < 1.29 is 4.74 Å². The number of hydrogen-bond acceptors (Lipinski definition) is 2. The van der Waals surface area contributed by atoms with Crippen molar-refractivity contribution in [1.29, 1.82) is 0 Å². The average Bonchev–Trinajstić information content (AvgIpc) is 3.58. The van der Waals surface area contributed by atoms with E-state index in [4.69, 9.17) is 4.74 Å². The Balaban J connectivity index is 0.00000132. The lowest BCUT2D eigenvalue weighted by molar-refractivity contribution is 0.353. The number of benzene rings is 3. The predicted molar refractivity (Wildman–Crippen MR) is 271 cm³/mol. The summed E-state index contributed by atoms with van der Waals surface area (Å²) in [5.41, 5.74) is 20.5. The Morgan fingerprint density at radius 2 is 1.52 bits per heavy atom. The summed E-state index contributed by atoms with van der Waals surface area (Å²) in [7, 11) is 0. The molecule has 0 aromatic heterocycles. The number of fused-ring (bicyclic) bond motifs is 3. The van der Waals surface area contributed by atoms with Crippen LogP contribution in [0.3, 0.4) is 0 Å². The van der Waals surface area contributed by atoms with E-state index in [1.807, 2.05) is 46.1 Å². The van der Waals surface area contributed by atoms with E-state index in [-0.39, 0.29) is 5.41 Å². The molecule has 0 spiro atoms. The molecule has 0 saturated heterocycles. The summed E-state index contributed by atoms with van der Waals surface area (Å²) >= 11 is 0. The molecule has 1 heterocycles. The Hall–Kier alpha value is -5.86. The molecule has 2 unspecified atom stereocenters. The van der Waals surface area contributed by atoms with Crippen molar-refractivity contribution in [3.8, 4) is 11.1 Å². The summed E-state index contributed by atoms with van der Waals surface area (Å²) in [5, 5.41) is 0. The molecule has 2 atom stereocenters. The molecule has 63 heavy (non-hydrogen) atoms. The van der Waals surface area contributed by atoms with Crippen molar-refractivity contribution in [2.45, 2.75) is 123 Å². The van der Waals surface area contributed by atoms with Gasteiger partial charge in [0, 0.05) is 34.3 Å². The minimum absolute atomic E-state index is 0.115. The van der Waals surface area contributed by atoms with Gasteiger partial charge in [0.25, 0.3) is 0 Å². The zero-order valence-corrected chi connectivity index (χ0v) is 38.7. The second-order valence-corrected chi connectivity index (χ2v) is 17.7. The molecule has 0 fully saturated rings. The number of nitrogens with zero attached hydrogens (tertiary/aromatic N) is 1. The molecule has 0 N–H and O–H groups in total. The Labute approximate surface area is 379 Å². The van der Waals surface area contributed by atoms with Gasteiger partial charge >= 0.3 is 0 Å². The molecule has 1 aliphatic heterocycles. The summed E-state index contributed by atoms with van der Waals surface area (Å²) in [6, 6.07) is 26.3. The zero-order valence-electron chi connectivity index (χ0n) is 38.7. The third kappa shape index (κ3) is 8.88. The molecular formula is C61H67NO. The highest BCUT2D eigenvalue weighted by molar-refractivity contribution is 5.89. The fourth-order valence-corrected chi connectivity index (χ4v) is 10.7. The molecule has 322 valence electrons. The number of anilines is 1. The summed E-state index contributed by atoms with van der Waals surface area (Å²) in [6.07, 6.45) is 41.8. The van der Waals surface area contributed by atoms with E-state index in [2.05, 4.69) is 159 Å². The first-order chi connectivity index (χ1) is 30.9. The smallest absolute Gasteiger partial charge is 0.137 e. The maximum atomic E-state index is 6.27. The largest absolute Gasteiger partial charge is 0.464 e. The number of rotatable bonds is 7. The number of ether oxygens (including phenoxy) is 1. The first-order valence-corrected chi connectivity index (χ1v) is 24.0. The van der Waals surface area contributed by atoms with Gasteiger partial charge in [0.2, 0.25) is 0 Å². The highest BCUT2D eigenvalue weighted by Gasteiger charge is 2.37. The number of hydrogen-bond donors (Lipinski definition) is 0. The van der Waals surface area contributed by atoms with Crippen LogP contribution < -0.4 is 4.90 Å². The highest BCUT2D eigenvalue weighted by Crippen LogP contribution is 2.51. The summed E-state index contributed by atoms with van der Waals surface area (Å²) < 4.78 is 6.27. The van der Waals surface area contributed by atoms with Gasteiger partial charge in [-0.05, 0) is 156 Å². The van der Waals surface area contributed by atoms with Crippen molar-refractivity contribution >= 4 is 16.8 Å². The third-order valence-corrected chi connectivity index (χ3v) is 13.9. The first-order valence-electron chi connectivity index (χ1n) is 24.0. The molecule has 3 aromatic carbocycles. The van der Waals surface area contributed by atoms with E-state index in [1.54, 1.807) is 5.57 Å². The second-order valence-electron chi connectivity index (χ2n) is 17.7. The summed E-state index contributed by atoms with van der Waals surface area (Å²) in [5.74, 6) is 1.40. The van der Waals surface area contributed by atoms with E-state index >= 15 is 0 Å². The lowest BCUT2D eigenvalue weighted by Crippen LogP contribution is -2.36. The molecule has 10 rings (SSSR count). The van der Waals surface area contributed by atoms with Gasteiger partial charge in [0.15, 0.2) is 0 Å². The van der Waals surface area contributed by atoms with Crippen LogP contribution in [0, 0.1) is 0 Å². The zero-order chi connectivity index (χ0) is 43.9. The SMILES string of the molecule is C=C1/C=C\C=C/OC2=C(C3=CC=C(N(c4cccc(C5C=CC=CC5)c4)C4CC=C(c5ccc(-c6ccc7c(c6)C6=C(CCC=C6)C7(C)C)cc5)CC4)CC3)CCC=C12.CC.CC. The van der Waals surface area contributed by atoms with Crippen LogP contribution in [0.2, 0.25) is 0 Å². The van der Waals surface area contributed by atoms with Gasteiger partial charge in [-0.15, -0.1) is 0 Å². The van der Waals surface area contributed by atoms with Crippen LogP contribution in [0.1, 0.15) is 134 Å². The van der Waals surface area contributed by atoms with Gasteiger partial charge in [0.05, 0.1) is 6.26 Å².